The first-order valence-electron chi connectivity index (χ1n) is 12.7. The molecule has 0 unspecified atom stereocenters. The van der Waals surface area contributed by atoms with Crippen molar-refractivity contribution in [3.63, 3.8) is 0 Å². The molecule has 3 amide bonds. The Kier molecular flexibility index (Phi) is 8.76. The fraction of sp³-hybridized carbons (Fsp3) is 0.577. The average Bonchev–Trinajstić information content (AvgIpc) is 3.19. The molecule has 3 aliphatic heterocycles. The summed E-state index contributed by atoms with van der Waals surface area (Å²) >= 11 is 0. The normalized spacial score (nSPS) is 25.3. The van der Waals surface area contributed by atoms with Gasteiger partial charge in [-0.1, -0.05) is 49.2 Å². The second kappa shape index (κ2) is 12.2. The van der Waals surface area contributed by atoms with Crippen LogP contribution in [-0.2, 0) is 14.3 Å². The average molecular weight is 485 g/mol. The number of nitrogens with zero attached hydrogens (tertiary/aromatic N) is 2. The van der Waals surface area contributed by atoms with Crippen molar-refractivity contribution >= 4 is 23.5 Å². The highest BCUT2D eigenvalue weighted by Gasteiger charge is 2.39. The lowest BCUT2D eigenvalue weighted by molar-refractivity contribution is -0.137. The molecule has 0 spiro atoms. The van der Waals surface area contributed by atoms with Crippen molar-refractivity contribution in [2.24, 2.45) is 5.92 Å². The fourth-order valence-corrected chi connectivity index (χ4v) is 5.30. The van der Waals surface area contributed by atoms with Crippen LogP contribution in [0.15, 0.2) is 36.4 Å². The monoisotopic (exact) mass is 484 g/mol. The maximum Gasteiger partial charge on any atom is 0.410 e. The molecule has 3 heterocycles. The summed E-state index contributed by atoms with van der Waals surface area (Å²) in [5.41, 5.74) is 4.07. The molecule has 2 fully saturated rings. The number of ether oxygens (including phenoxy) is 1. The van der Waals surface area contributed by atoms with Crippen molar-refractivity contribution in [1.29, 1.82) is 0 Å². The summed E-state index contributed by atoms with van der Waals surface area (Å²) in [6, 6.07) is 9.56. The van der Waals surface area contributed by atoms with Gasteiger partial charge in [0.05, 0.1) is 6.04 Å². The third-order valence-corrected chi connectivity index (χ3v) is 7.24. The van der Waals surface area contributed by atoms with Gasteiger partial charge >= 0.3 is 6.09 Å². The summed E-state index contributed by atoms with van der Waals surface area (Å²) in [4.78, 5) is 41.7. The van der Waals surface area contributed by atoms with Gasteiger partial charge in [-0.3, -0.25) is 14.8 Å². The second-order valence-electron chi connectivity index (χ2n) is 9.66. The number of hydrogen-bond acceptors (Lipinski definition) is 6. The molecular weight excluding hydrogens is 448 g/mol. The smallest absolute Gasteiger partial charge is 0.410 e. The van der Waals surface area contributed by atoms with Crippen LogP contribution in [0.5, 0.6) is 0 Å². The van der Waals surface area contributed by atoms with E-state index in [0.29, 0.717) is 39.1 Å². The first-order valence-corrected chi connectivity index (χ1v) is 12.7. The molecule has 1 aromatic carbocycles. The Bertz CT molecular complexity index is 914. The Hall–Kier alpha value is -2.91. The highest BCUT2D eigenvalue weighted by atomic mass is 16.6. The van der Waals surface area contributed by atoms with E-state index < -0.39 is 24.0 Å². The quantitative estimate of drug-likeness (QED) is 0.438. The van der Waals surface area contributed by atoms with E-state index in [1.807, 2.05) is 18.2 Å². The van der Waals surface area contributed by atoms with Crippen molar-refractivity contribution < 1.29 is 24.3 Å². The first-order chi connectivity index (χ1) is 17.0. The van der Waals surface area contributed by atoms with Gasteiger partial charge in [0.15, 0.2) is 0 Å². The van der Waals surface area contributed by atoms with E-state index in [9.17, 15) is 14.4 Å². The summed E-state index contributed by atoms with van der Waals surface area (Å²) in [5, 5.41) is 12.3. The lowest BCUT2D eigenvalue weighted by Gasteiger charge is -2.39. The van der Waals surface area contributed by atoms with Gasteiger partial charge in [-0.2, -0.15) is 0 Å². The lowest BCUT2D eigenvalue weighted by atomic mass is 9.85. The predicted molar refractivity (Wildman–Crippen MR) is 130 cm³/mol. The number of rotatable bonds is 5. The zero-order chi connectivity index (χ0) is 24.6. The van der Waals surface area contributed by atoms with Gasteiger partial charge in [0, 0.05) is 39.1 Å². The molecule has 3 atom stereocenters. The number of piperidine rings is 1. The van der Waals surface area contributed by atoms with E-state index in [1.54, 1.807) is 15.3 Å². The van der Waals surface area contributed by atoms with Crippen molar-refractivity contribution in [2.45, 2.75) is 57.1 Å². The molecule has 3 N–H and O–H groups in total. The Balaban J connectivity index is 1.38. The van der Waals surface area contributed by atoms with E-state index >= 15 is 0 Å². The molecule has 4 rings (SSSR count). The van der Waals surface area contributed by atoms with Crippen LogP contribution < -0.4 is 10.8 Å². The van der Waals surface area contributed by atoms with Crippen LogP contribution in [0.1, 0.15) is 50.5 Å². The van der Waals surface area contributed by atoms with Gasteiger partial charge in [0.1, 0.15) is 6.10 Å². The third kappa shape index (κ3) is 6.61. The Morgan fingerprint density at radius 1 is 1.03 bits per heavy atom. The SMILES string of the molecule is O=C(C[C@@H]1C[C@H](OC(=O)N2CCCCCC2)CN[C@@H]1C(=O)N1CC=C(c2ccccc2)CC1)NO. The predicted octanol–water partition coefficient (Wildman–Crippen LogP) is 2.56. The minimum absolute atomic E-state index is 0.0311. The van der Waals surface area contributed by atoms with Gasteiger partial charge < -0.3 is 19.9 Å². The summed E-state index contributed by atoms with van der Waals surface area (Å²) < 4.78 is 5.76. The summed E-state index contributed by atoms with van der Waals surface area (Å²) in [5.74, 6) is -1.02. The molecule has 3 aliphatic rings. The molecule has 2 saturated heterocycles. The summed E-state index contributed by atoms with van der Waals surface area (Å²) in [7, 11) is 0. The highest BCUT2D eigenvalue weighted by molar-refractivity contribution is 5.85. The van der Waals surface area contributed by atoms with Gasteiger partial charge in [-0.15, -0.1) is 0 Å². The number of nitrogens with one attached hydrogen (secondary N) is 2. The van der Waals surface area contributed by atoms with Crippen LogP contribution in [0.2, 0.25) is 0 Å². The Morgan fingerprint density at radius 3 is 2.43 bits per heavy atom. The molecule has 190 valence electrons. The van der Waals surface area contributed by atoms with Crippen LogP contribution in [0.25, 0.3) is 5.57 Å². The molecule has 35 heavy (non-hydrogen) atoms. The fourth-order valence-electron chi connectivity index (χ4n) is 5.30. The number of hydrogen-bond donors (Lipinski definition) is 3. The van der Waals surface area contributed by atoms with Crippen LogP contribution >= 0.6 is 0 Å². The maximum atomic E-state index is 13.4. The van der Waals surface area contributed by atoms with Crippen LogP contribution in [0.4, 0.5) is 4.79 Å². The Morgan fingerprint density at radius 2 is 1.77 bits per heavy atom. The lowest BCUT2D eigenvalue weighted by Crippen LogP contribution is -2.58. The van der Waals surface area contributed by atoms with E-state index in [0.717, 1.165) is 32.1 Å². The Labute approximate surface area is 206 Å². The van der Waals surface area contributed by atoms with Crippen LogP contribution in [0.3, 0.4) is 0 Å². The zero-order valence-corrected chi connectivity index (χ0v) is 20.2. The van der Waals surface area contributed by atoms with Gasteiger partial charge in [0.2, 0.25) is 11.8 Å². The van der Waals surface area contributed by atoms with Gasteiger partial charge in [0.25, 0.3) is 0 Å². The van der Waals surface area contributed by atoms with Crippen molar-refractivity contribution in [2.75, 3.05) is 32.7 Å². The van der Waals surface area contributed by atoms with E-state index in [1.165, 1.54) is 11.1 Å². The molecule has 0 aliphatic carbocycles. The number of carbonyl (C=O) groups excluding carboxylic acids is 3. The second-order valence-corrected chi connectivity index (χ2v) is 9.66. The number of amides is 3. The largest absolute Gasteiger partial charge is 0.445 e. The van der Waals surface area contributed by atoms with Crippen LogP contribution in [0, 0.1) is 5.92 Å². The van der Waals surface area contributed by atoms with Crippen molar-refractivity contribution in [3.05, 3.63) is 42.0 Å². The minimum atomic E-state index is -0.577. The molecule has 9 nitrogen and oxygen atoms in total. The number of benzene rings is 1. The first kappa shape index (κ1) is 25.2. The zero-order valence-electron chi connectivity index (χ0n) is 20.2. The third-order valence-electron chi connectivity index (χ3n) is 7.24. The van der Waals surface area contributed by atoms with Crippen molar-refractivity contribution in [3.8, 4) is 0 Å². The highest BCUT2D eigenvalue weighted by Crippen LogP contribution is 2.27. The van der Waals surface area contributed by atoms with Gasteiger partial charge in [-0.05, 0) is 42.7 Å². The van der Waals surface area contributed by atoms with E-state index in [-0.39, 0.29) is 18.4 Å². The van der Waals surface area contributed by atoms with Crippen LogP contribution in [-0.4, -0.2) is 77.8 Å². The molecule has 9 heteroatoms. The molecule has 0 bridgehead atoms. The molecule has 0 radical (unpaired) electrons. The van der Waals surface area contributed by atoms with E-state index in [2.05, 4.69) is 23.5 Å². The van der Waals surface area contributed by atoms with Crippen molar-refractivity contribution in [1.82, 2.24) is 20.6 Å². The number of carbonyl (C=O) groups is 3. The molecular formula is C26H36N4O5. The van der Waals surface area contributed by atoms with E-state index in [4.69, 9.17) is 9.94 Å². The number of likely N-dealkylation sites (tertiary alicyclic amines) is 1. The van der Waals surface area contributed by atoms with Gasteiger partial charge in [-0.25, -0.2) is 10.3 Å². The molecule has 0 saturated carbocycles. The summed E-state index contributed by atoms with van der Waals surface area (Å²) in [6.07, 6.45) is 6.63. The standard InChI is InChI=1S/C26H36N4O5/c31-23(28-34)17-21-16-22(35-26(33)30-12-6-1-2-7-13-30)18-27-24(21)25(32)29-14-10-20(11-15-29)19-8-4-3-5-9-19/h3-5,8-10,21-22,24,27,34H,1-2,6-7,11-18H2,(H,28,31)/t21-,22-,24-/m0/s1. The minimum Gasteiger partial charge on any atom is -0.445 e. The molecule has 1 aromatic rings. The number of hydroxylamine groups is 1. The summed E-state index contributed by atoms with van der Waals surface area (Å²) in [6.45, 7) is 2.86. The maximum absolute atomic E-state index is 13.4. The molecule has 0 aromatic heterocycles. The topological polar surface area (TPSA) is 111 Å².